The SMILES string of the molecule is O=C(CCOCc1cccc2ncccc12)N1CC2CCC(C1)N2c1ccc(F)cn1. The van der Waals surface area contributed by atoms with Crippen LogP contribution in [0.25, 0.3) is 10.9 Å². The molecule has 2 unspecified atom stereocenters. The molecule has 160 valence electrons. The molecule has 7 heteroatoms. The summed E-state index contributed by atoms with van der Waals surface area (Å²) in [6.45, 7) is 2.23. The lowest BCUT2D eigenvalue weighted by atomic mass is 10.1. The molecule has 2 bridgehead atoms. The van der Waals surface area contributed by atoms with Crippen LogP contribution in [0.4, 0.5) is 10.2 Å². The number of likely N-dealkylation sites (tertiary alicyclic amines) is 1. The number of ether oxygens (including phenoxy) is 1. The van der Waals surface area contributed by atoms with Crippen molar-refractivity contribution in [1.29, 1.82) is 0 Å². The molecule has 2 aliphatic rings. The van der Waals surface area contributed by atoms with Crippen molar-refractivity contribution >= 4 is 22.6 Å². The number of hydrogen-bond donors (Lipinski definition) is 0. The van der Waals surface area contributed by atoms with E-state index in [0.717, 1.165) is 35.1 Å². The van der Waals surface area contributed by atoms with Crippen molar-refractivity contribution in [2.75, 3.05) is 24.6 Å². The molecule has 0 saturated carbocycles. The van der Waals surface area contributed by atoms with Crippen LogP contribution in [0, 0.1) is 5.82 Å². The molecule has 2 atom stereocenters. The monoisotopic (exact) mass is 420 g/mol. The molecule has 0 N–H and O–H groups in total. The van der Waals surface area contributed by atoms with Gasteiger partial charge in [0.05, 0.1) is 31.3 Å². The zero-order valence-corrected chi connectivity index (χ0v) is 17.3. The Morgan fingerprint density at radius 1 is 1.06 bits per heavy atom. The second kappa shape index (κ2) is 8.59. The number of carbonyl (C=O) groups excluding carboxylic acids is 1. The van der Waals surface area contributed by atoms with Crippen LogP contribution in [0.5, 0.6) is 0 Å². The van der Waals surface area contributed by atoms with Crippen molar-refractivity contribution in [3.8, 4) is 0 Å². The standard InChI is InChI=1S/C24H25FN4O2/c25-18-6-9-23(27-13-18)29-19-7-8-20(29)15-28(14-19)24(30)10-12-31-16-17-3-1-5-22-21(17)4-2-11-26-22/h1-6,9,11,13,19-20H,7-8,10,12,14-16H2. The van der Waals surface area contributed by atoms with Crippen molar-refractivity contribution in [1.82, 2.24) is 14.9 Å². The fourth-order valence-electron chi connectivity index (χ4n) is 4.79. The van der Waals surface area contributed by atoms with Crippen molar-refractivity contribution in [3.63, 3.8) is 0 Å². The minimum atomic E-state index is -0.329. The number of carbonyl (C=O) groups is 1. The van der Waals surface area contributed by atoms with Gasteiger partial charge < -0.3 is 14.5 Å². The number of benzene rings is 1. The molecule has 2 saturated heterocycles. The number of halogens is 1. The summed E-state index contributed by atoms with van der Waals surface area (Å²) in [5.74, 6) is 0.599. The number of anilines is 1. The Labute approximate surface area is 180 Å². The minimum Gasteiger partial charge on any atom is -0.376 e. The quantitative estimate of drug-likeness (QED) is 0.571. The van der Waals surface area contributed by atoms with E-state index < -0.39 is 0 Å². The summed E-state index contributed by atoms with van der Waals surface area (Å²) in [5.41, 5.74) is 2.03. The highest BCUT2D eigenvalue weighted by Crippen LogP contribution is 2.34. The maximum absolute atomic E-state index is 13.2. The Balaban J connectivity index is 1.14. The molecular formula is C24H25FN4O2. The highest BCUT2D eigenvalue weighted by molar-refractivity contribution is 5.81. The summed E-state index contributed by atoms with van der Waals surface area (Å²) >= 11 is 0. The summed E-state index contributed by atoms with van der Waals surface area (Å²) in [6, 6.07) is 13.6. The molecule has 0 spiro atoms. The molecule has 1 amide bonds. The molecule has 0 aliphatic carbocycles. The topological polar surface area (TPSA) is 58.6 Å². The van der Waals surface area contributed by atoms with Crippen LogP contribution in [0.2, 0.25) is 0 Å². The van der Waals surface area contributed by atoms with Gasteiger partial charge >= 0.3 is 0 Å². The van der Waals surface area contributed by atoms with Crippen LogP contribution in [-0.2, 0) is 16.1 Å². The first-order chi connectivity index (χ1) is 15.2. The highest BCUT2D eigenvalue weighted by Gasteiger charge is 2.41. The molecular weight excluding hydrogens is 395 g/mol. The van der Waals surface area contributed by atoms with Crippen LogP contribution in [-0.4, -0.2) is 52.6 Å². The number of amides is 1. The van der Waals surface area contributed by atoms with E-state index in [1.54, 1.807) is 12.3 Å². The molecule has 1 aromatic carbocycles. The van der Waals surface area contributed by atoms with Crippen molar-refractivity contribution in [2.24, 2.45) is 0 Å². The molecule has 2 aromatic heterocycles. The lowest BCUT2D eigenvalue weighted by Crippen LogP contribution is -2.55. The maximum atomic E-state index is 13.2. The zero-order chi connectivity index (χ0) is 21.2. The average molecular weight is 420 g/mol. The number of pyridine rings is 2. The summed E-state index contributed by atoms with van der Waals surface area (Å²) in [5, 5.41) is 1.08. The molecule has 0 radical (unpaired) electrons. The fraction of sp³-hybridized carbons (Fsp3) is 0.375. The number of rotatable bonds is 6. The fourth-order valence-corrected chi connectivity index (χ4v) is 4.79. The Morgan fingerprint density at radius 3 is 2.68 bits per heavy atom. The van der Waals surface area contributed by atoms with E-state index in [1.165, 1.54) is 12.3 Å². The van der Waals surface area contributed by atoms with Crippen LogP contribution in [0.15, 0.2) is 54.9 Å². The van der Waals surface area contributed by atoms with Gasteiger partial charge in [-0.3, -0.25) is 9.78 Å². The van der Waals surface area contributed by atoms with E-state index in [9.17, 15) is 9.18 Å². The van der Waals surface area contributed by atoms with Crippen LogP contribution >= 0.6 is 0 Å². The Hall–Kier alpha value is -3.06. The predicted octanol–water partition coefficient (Wildman–Crippen LogP) is 3.56. The molecule has 6 nitrogen and oxygen atoms in total. The van der Waals surface area contributed by atoms with Gasteiger partial charge in [-0.15, -0.1) is 0 Å². The lowest BCUT2D eigenvalue weighted by Gasteiger charge is -2.41. The van der Waals surface area contributed by atoms with Gasteiger partial charge in [0.2, 0.25) is 5.91 Å². The Morgan fingerprint density at radius 2 is 1.90 bits per heavy atom. The summed E-state index contributed by atoms with van der Waals surface area (Å²) < 4.78 is 19.0. The third-order valence-corrected chi connectivity index (χ3v) is 6.27. The normalized spacial score (nSPS) is 20.4. The molecule has 4 heterocycles. The molecule has 3 aromatic rings. The maximum Gasteiger partial charge on any atom is 0.225 e. The van der Waals surface area contributed by atoms with E-state index in [2.05, 4.69) is 14.9 Å². The van der Waals surface area contributed by atoms with Gasteiger partial charge in [0.1, 0.15) is 11.6 Å². The van der Waals surface area contributed by atoms with E-state index in [0.29, 0.717) is 32.7 Å². The summed E-state index contributed by atoms with van der Waals surface area (Å²) in [7, 11) is 0. The first kappa shape index (κ1) is 19.9. The third-order valence-electron chi connectivity index (χ3n) is 6.27. The number of aromatic nitrogens is 2. The number of piperazine rings is 1. The summed E-state index contributed by atoms with van der Waals surface area (Å²) in [4.78, 5) is 25.6. The van der Waals surface area contributed by atoms with Gasteiger partial charge in [-0.25, -0.2) is 9.37 Å². The molecule has 31 heavy (non-hydrogen) atoms. The molecule has 5 rings (SSSR count). The lowest BCUT2D eigenvalue weighted by molar-refractivity contribution is -0.133. The van der Waals surface area contributed by atoms with Gasteiger partial charge in [0.15, 0.2) is 0 Å². The second-order valence-corrected chi connectivity index (χ2v) is 8.22. The van der Waals surface area contributed by atoms with E-state index >= 15 is 0 Å². The van der Waals surface area contributed by atoms with E-state index in [-0.39, 0.29) is 23.8 Å². The van der Waals surface area contributed by atoms with Crippen molar-refractivity contribution in [3.05, 3.63) is 66.2 Å². The van der Waals surface area contributed by atoms with E-state index in [4.69, 9.17) is 4.74 Å². The number of fused-ring (bicyclic) bond motifs is 3. The largest absolute Gasteiger partial charge is 0.376 e. The zero-order valence-electron chi connectivity index (χ0n) is 17.3. The number of nitrogens with zero attached hydrogens (tertiary/aromatic N) is 4. The first-order valence-electron chi connectivity index (χ1n) is 10.8. The van der Waals surface area contributed by atoms with Crippen LogP contribution in [0.3, 0.4) is 0 Å². The second-order valence-electron chi connectivity index (χ2n) is 8.22. The van der Waals surface area contributed by atoms with Crippen LogP contribution in [0.1, 0.15) is 24.8 Å². The average Bonchev–Trinajstić information content (AvgIpc) is 3.06. The van der Waals surface area contributed by atoms with Gasteiger partial charge in [0, 0.05) is 36.8 Å². The number of hydrogen-bond acceptors (Lipinski definition) is 5. The van der Waals surface area contributed by atoms with Gasteiger partial charge in [-0.1, -0.05) is 18.2 Å². The van der Waals surface area contributed by atoms with Crippen LogP contribution < -0.4 is 4.90 Å². The smallest absolute Gasteiger partial charge is 0.225 e. The Kier molecular flexibility index (Phi) is 5.51. The first-order valence-corrected chi connectivity index (χ1v) is 10.8. The predicted molar refractivity (Wildman–Crippen MR) is 116 cm³/mol. The Bertz CT molecular complexity index is 1060. The molecule has 2 aliphatic heterocycles. The van der Waals surface area contributed by atoms with Crippen molar-refractivity contribution < 1.29 is 13.9 Å². The molecule has 2 fully saturated rings. The third kappa shape index (κ3) is 4.10. The van der Waals surface area contributed by atoms with Gasteiger partial charge in [-0.2, -0.15) is 0 Å². The van der Waals surface area contributed by atoms with E-state index in [1.807, 2.05) is 35.2 Å². The summed E-state index contributed by atoms with van der Waals surface area (Å²) in [6.07, 6.45) is 5.47. The van der Waals surface area contributed by atoms with Gasteiger partial charge in [0.25, 0.3) is 0 Å². The van der Waals surface area contributed by atoms with Crippen molar-refractivity contribution in [2.45, 2.75) is 38.0 Å². The minimum absolute atomic E-state index is 0.128. The highest BCUT2D eigenvalue weighted by atomic mass is 19.1. The van der Waals surface area contributed by atoms with Gasteiger partial charge in [-0.05, 0) is 42.7 Å².